The van der Waals surface area contributed by atoms with Crippen molar-refractivity contribution in [2.75, 3.05) is 6.54 Å². The molecule has 20 heavy (non-hydrogen) atoms. The molecule has 0 aliphatic carbocycles. The number of amides is 1. The van der Waals surface area contributed by atoms with Crippen molar-refractivity contribution in [3.63, 3.8) is 0 Å². The fraction of sp³-hybridized carbons (Fsp3) is 0.600. The van der Waals surface area contributed by atoms with Crippen LogP contribution in [0.15, 0.2) is 18.3 Å². The second-order valence-electron chi connectivity index (χ2n) is 5.03. The van der Waals surface area contributed by atoms with Crippen LogP contribution in [-0.4, -0.2) is 29.6 Å². The highest BCUT2D eigenvalue weighted by atomic mass is 16.5. The topological polar surface area (TPSA) is 63.2 Å². The minimum Gasteiger partial charge on any atom is -0.475 e. The summed E-state index contributed by atoms with van der Waals surface area (Å²) in [7, 11) is 0. The predicted molar refractivity (Wildman–Crippen MR) is 79.6 cm³/mol. The summed E-state index contributed by atoms with van der Waals surface area (Å²) in [6.07, 6.45) is 2.72. The van der Waals surface area contributed by atoms with Gasteiger partial charge in [0.25, 0.3) is 0 Å². The summed E-state index contributed by atoms with van der Waals surface area (Å²) in [5.41, 5.74) is 0.955. The molecule has 0 aliphatic rings. The number of carbonyl (C=O) groups is 1. The smallest absolute Gasteiger partial charge is 0.236 e. The lowest BCUT2D eigenvalue weighted by Gasteiger charge is -2.16. The number of pyridine rings is 1. The van der Waals surface area contributed by atoms with Gasteiger partial charge in [-0.3, -0.25) is 4.79 Å². The van der Waals surface area contributed by atoms with Crippen molar-refractivity contribution in [1.29, 1.82) is 0 Å². The van der Waals surface area contributed by atoms with Crippen LogP contribution in [0.5, 0.6) is 5.88 Å². The first-order valence-corrected chi connectivity index (χ1v) is 7.16. The van der Waals surface area contributed by atoms with Gasteiger partial charge in [-0.2, -0.15) is 0 Å². The van der Waals surface area contributed by atoms with Crippen LogP contribution in [0.1, 0.15) is 39.7 Å². The number of hydrogen-bond acceptors (Lipinski definition) is 4. The molecule has 5 heteroatoms. The van der Waals surface area contributed by atoms with Crippen LogP contribution >= 0.6 is 0 Å². The van der Waals surface area contributed by atoms with E-state index in [0.29, 0.717) is 19.0 Å². The summed E-state index contributed by atoms with van der Waals surface area (Å²) in [4.78, 5) is 16.0. The summed E-state index contributed by atoms with van der Waals surface area (Å²) in [6, 6.07) is 3.58. The molecule has 0 spiro atoms. The third-order valence-corrected chi connectivity index (χ3v) is 2.74. The molecule has 0 saturated carbocycles. The van der Waals surface area contributed by atoms with Gasteiger partial charge in [0.05, 0.1) is 12.1 Å². The van der Waals surface area contributed by atoms with Crippen molar-refractivity contribution in [3.05, 3.63) is 23.9 Å². The highest BCUT2D eigenvalue weighted by molar-refractivity contribution is 5.81. The first kappa shape index (κ1) is 16.4. The summed E-state index contributed by atoms with van der Waals surface area (Å²) < 4.78 is 5.65. The second kappa shape index (κ2) is 8.53. The Morgan fingerprint density at radius 2 is 2.15 bits per heavy atom. The molecule has 1 atom stereocenters. The molecule has 1 rings (SSSR count). The molecular formula is C15H25N3O2. The molecule has 1 aromatic rings. The fourth-order valence-corrected chi connectivity index (χ4v) is 1.65. The molecule has 5 nitrogen and oxygen atoms in total. The molecule has 0 aromatic carbocycles. The maximum Gasteiger partial charge on any atom is 0.236 e. The Kier molecular flexibility index (Phi) is 7.01. The monoisotopic (exact) mass is 279 g/mol. The molecule has 112 valence electrons. The number of hydrogen-bond donors (Lipinski definition) is 2. The lowest BCUT2D eigenvalue weighted by Crippen LogP contribution is -2.42. The number of nitrogens with one attached hydrogen (secondary N) is 2. The van der Waals surface area contributed by atoms with Crippen molar-refractivity contribution < 1.29 is 9.53 Å². The third-order valence-electron chi connectivity index (χ3n) is 2.74. The van der Waals surface area contributed by atoms with Crippen molar-refractivity contribution in [3.8, 4) is 5.88 Å². The summed E-state index contributed by atoms with van der Waals surface area (Å²) in [6.45, 7) is 9.07. The maximum atomic E-state index is 11.8. The van der Waals surface area contributed by atoms with Gasteiger partial charge >= 0.3 is 0 Å². The van der Waals surface area contributed by atoms with Crippen LogP contribution in [0.3, 0.4) is 0 Å². The molecule has 1 unspecified atom stereocenters. The molecular weight excluding hydrogens is 254 g/mol. The number of carbonyl (C=O) groups excluding carboxylic acids is 1. The first-order chi connectivity index (χ1) is 9.54. The maximum absolute atomic E-state index is 11.8. The van der Waals surface area contributed by atoms with E-state index in [1.165, 1.54) is 0 Å². The zero-order chi connectivity index (χ0) is 15.0. The van der Waals surface area contributed by atoms with Crippen LogP contribution < -0.4 is 15.4 Å². The molecule has 1 amide bonds. The fourth-order valence-electron chi connectivity index (χ4n) is 1.65. The largest absolute Gasteiger partial charge is 0.475 e. The van der Waals surface area contributed by atoms with E-state index in [4.69, 9.17) is 4.74 Å². The normalized spacial score (nSPS) is 12.2. The molecule has 0 radical (unpaired) electrons. The van der Waals surface area contributed by atoms with Crippen LogP contribution in [0.25, 0.3) is 0 Å². The van der Waals surface area contributed by atoms with Gasteiger partial charge in [0.2, 0.25) is 11.8 Å². The highest BCUT2D eigenvalue weighted by Crippen LogP contribution is 2.15. The Bertz CT molecular complexity index is 421. The van der Waals surface area contributed by atoms with Gasteiger partial charge in [-0.05, 0) is 33.3 Å². The standard InChI is InChI=1S/C15H25N3O2/c1-5-8-16-14(19)12(4)18-10-13-7-6-9-17-15(13)20-11(2)3/h6-7,9,11-12,18H,5,8,10H2,1-4H3,(H,16,19). The number of nitrogens with zero attached hydrogens (tertiary/aromatic N) is 1. The van der Waals surface area contributed by atoms with Crippen LogP contribution in [0.2, 0.25) is 0 Å². The number of ether oxygens (including phenoxy) is 1. The van der Waals surface area contributed by atoms with Crippen molar-refractivity contribution >= 4 is 5.91 Å². The number of aromatic nitrogens is 1. The second-order valence-corrected chi connectivity index (χ2v) is 5.03. The van der Waals surface area contributed by atoms with E-state index in [1.54, 1.807) is 6.20 Å². The van der Waals surface area contributed by atoms with Crippen LogP contribution in [-0.2, 0) is 11.3 Å². The van der Waals surface area contributed by atoms with Gasteiger partial charge in [-0.1, -0.05) is 13.0 Å². The van der Waals surface area contributed by atoms with Crippen molar-refractivity contribution in [1.82, 2.24) is 15.6 Å². The van der Waals surface area contributed by atoms with Gasteiger partial charge in [-0.25, -0.2) is 4.98 Å². The van der Waals surface area contributed by atoms with E-state index in [2.05, 4.69) is 15.6 Å². The molecule has 0 saturated heterocycles. The summed E-state index contributed by atoms with van der Waals surface area (Å²) in [5, 5.41) is 6.06. The summed E-state index contributed by atoms with van der Waals surface area (Å²) >= 11 is 0. The highest BCUT2D eigenvalue weighted by Gasteiger charge is 2.13. The number of rotatable bonds is 8. The average molecular weight is 279 g/mol. The molecule has 0 aliphatic heterocycles. The molecule has 0 fully saturated rings. The molecule has 0 bridgehead atoms. The van der Waals surface area contributed by atoms with Gasteiger partial charge in [0, 0.05) is 24.8 Å². The van der Waals surface area contributed by atoms with Crippen molar-refractivity contribution in [2.45, 2.75) is 52.8 Å². The van der Waals surface area contributed by atoms with Crippen LogP contribution in [0, 0.1) is 0 Å². The van der Waals surface area contributed by atoms with E-state index >= 15 is 0 Å². The van der Waals surface area contributed by atoms with Gasteiger partial charge in [0.1, 0.15) is 0 Å². The first-order valence-electron chi connectivity index (χ1n) is 7.16. The van der Waals surface area contributed by atoms with E-state index in [0.717, 1.165) is 12.0 Å². The minimum absolute atomic E-state index is 0.0158. The quantitative estimate of drug-likeness (QED) is 0.762. The van der Waals surface area contributed by atoms with Gasteiger partial charge in [0.15, 0.2) is 0 Å². The Morgan fingerprint density at radius 1 is 1.40 bits per heavy atom. The van der Waals surface area contributed by atoms with E-state index < -0.39 is 0 Å². The zero-order valence-electron chi connectivity index (χ0n) is 12.8. The van der Waals surface area contributed by atoms with Crippen molar-refractivity contribution in [2.24, 2.45) is 0 Å². The predicted octanol–water partition coefficient (Wildman–Crippen LogP) is 1.87. The van der Waals surface area contributed by atoms with E-state index in [9.17, 15) is 4.79 Å². The lowest BCUT2D eigenvalue weighted by atomic mass is 10.2. The van der Waals surface area contributed by atoms with Gasteiger partial charge < -0.3 is 15.4 Å². The Labute approximate surface area is 121 Å². The Morgan fingerprint density at radius 3 is 2.80 bits per heavy atom. The van der Waals surface area contributed by atoms with E-state index in [1.807, 2.05) is 39.8 Å². The average Bonchev–Trinajstić information content (AvgIpc) is 2.42. The molecule has 1 aromatic heterocycles. The Balaban J connectivity index is 2.54. The molecule has 1 heterocycles. The molecule has 2 N–H and O–H groups in total. The minimum atomic E-state index is -0.242. The zero-order valence-corrected chi connectivity index (χ0v) is 12.8. The van der Waals surface area contributed by atoms with E-state index in [-0.39, 0.29) is 18.1 Å². The summed E-state index contributed by atoms with van der Waals surface area (Å²) in [5.74, 6) is 0.637. The van der Waals surface area contributed by atoms with Gasteiger partial charge in [-0.15, -0.1) is 0 Å². The Hall–Kier alpha value is -1.62. The SMILES string of the molecule is CCCNC(=O)C(C)NCc1cccnc1OC(C)C. The van der Waals surface area contributed by atoms with Crippen LogP contribution in [0.4, 0.5) is 0 Å². The lowest BCUT2D eigenvalue weighted by molar-refractivity contribution is -0.122. The third kappa shape index (κ3) is 5.57.